The van der Waals surface area contributed by atoms with Crippen LogP contribution in [0.5, 0.6) is 5.88 Å². The average Bonchev–Trinajstić information content (AvgIpc) is 2.44. The monoisotopic (exact) mass is 307 g/mol. The molecule has 0 aliphatic heterocycles. The van der Waals surface area contributed by atoms with Crippen LogP contribution in [-0.4, -0.2) is 20.0 Å². The number of rotatable bonds is 5. The average molecular weight is 307 g/mol. The van der Waals surface area contributed by atoms with E-state index in [0.717, 1.165) is 0 Å². The third-order valence-corrected chi connectivity index (χ3v) is 4.21. The molecule has 0 saturated carbocycles. The Morgan fingerprint density at radius 1 is 1.29 bits per heavy atom. The molecule has 1 aromatic carbocycles. The summed E-state index contributed by atoms with van der Waals surface area (Å²) >= 11 is 0. The molecular formula is C14H17N3O3S. The molecule has 21 heavy (non-hydrogen) atoms. The quantitative estimate of drug-likeness (QED) is 0.826. The first kappa shape index (κ1) is 15.1. The van der Waals surface area contributed by atoms with Crippen LogP contribution in [0.25, 0.3) is 0 Å². The molecule has 0 amide bonds. The van der Waals surface area contributed by atoms with E-state index in [0.29, 0.717) is 29.4 Å². The maximum absolute atomic E-state index is 12.3. The Balaban J connectivity index is 2.22. The molecule has 0 saturated heterocycles. The van der Waals surface area contributed by atoms with Gasteiger partial charge in [0.25, 0.3) is 10.0 Å². The Labute approximate surface area is 124 Å². The van der Waals surface area contributed by atoms with Crippen LogP contribution in [0.1, 0.15) is 12.5 Å². The fraction of sp³-hybridized carbons (Fsp3) is 0.214. The van der Waals surface area contributed by atoms with E-state index in [1.807, 2.05) is 6.92 Å². The zero-order chi connectivity index (χ0) is 15.5. The number of nitrogen functional groups attached to an aromatic ring is 1. The summed E-state index contributed by atoms with van der Waals surface area (Å²) in [6.45, 7) is 4.11. The number of nitrogens with zero attached hydrogens (tertiary/aromatic N) is 1. The lowest BCUT2D eigenvalue weighted by Gasteiger charge is -2.10. The van der Waals surface area contributed by atoms with E-state index in [1.54, 1.807) is 25.1 Å². The zero-order valence-corrected chi connectivity index (χ0v) is 12.6. The molecule has 3 N–H and O–H groups in total. The number of nitrogens with two attached hydrogens (primary N) is 1. The van der Waals surface area contributed by atoms with Crippen LogP contribution in [0.15, 0.2) is 41.4 Å². The Morgan fingerprint density at radius 3 is 2.62 bits per heavy atom. The predicted molar refractivity (Wildman–Crippen MR) is 81.8 cm³/mol. The summed E-state index contributed by atoms with van der Waals surface area (Å²) in [5, 5.41) is 0. The predicted octanol–water partition coefficient (Wildman–Crippen LogP) is 2.17. The molecular weight excluding hydrogens is 290 g/mol. The Kier molecular flexibility index (Phi) is 4.32. The van der Waals surface area contributed by atoms with Gasteiger partial charge in [-0.05, 0) is 43.7 Å². The van der Waals surface area contributed by atoms with Crippen LogP contribution in [0.2, 0.25) is 0 Å². The number of nitrogens with one attached hydrogen (secondary N) is 1. The van der Waals surface area contributed by atoms with E-state index < -0.39 is 10.0 Å². The molecule has 1 aromatic heterocycles. The Morgan fingerprint density at radius 2 is 2.05 bits per heavy atom. The summed E-state index contributed by atoms with van der Waals surface area (Å²) in [4.78, 5) is 4.16. The number of pyridine rings is 1. The lowest BCUT2D eigenvalue weighted by molar-refractivity contribution is 0.327. The molecule has 0 spiro atoms. The fourth-order valence-corrected chi connectivity index (χ4v) is 2.83. The zero-order valence-electron chi connectivity index (χ0n) is 11.8. The number of aromatic nitrogens is 1. The van der Waals surface area contributed by atoms with Crippen LogP contribution >= 0.6 is 0 Å². The largest absolute Gasteiger partial charge is 0.478 e. The van der Waals surface area contributed by atoms with Crippen LogP contribution in [0.3, 0.4) is 0 Å². The van der Waals surface area contributed by atoms with Crippen molar-refractivity contribution in [1.82, 2.24) is 4.98 Å². The molecule has 0 aliphatic rings. The van der Waals surface area contributed by atoms with Gasteiger partial charge in [-0.25, -0.2) is 13.4 Å². The third kappa shape index (κ3) is 3.63. The van der Waals surface area contributed by atoms with Crippen molar-refractivity contribution in [3.63, 3.8) is 0 Å². The van der Waals surface area contributed by atoms with Gasteiger partial charge in [0, 0.05) is 11.8 Å². The molecule has 112 valence electrons. The molecule has 2 aromatic rings. The minimum Gasteiger partial charge on any atom is -0.478 e. The van der Waals surface area contributed by atoms with Gasteiger partial charge in [0.15, 0.2) is 0 Å². The van der Waals surface area contributed by atoms with Crippen molar-refractivity contribution in [2.45, 2.75) is 18.7 Å². The van der Waals surface area contributed by atoms with Gasteiger partial charge in [-0.1, -0.05) is 0 Å². The van der Waals surface area contributed by atoms with Gasteiger partial charge in [0.05, 0.1) is 23.4 Å². The smallest absolute Gasteiger partial charge is 0.261 e. The van der Waals surface area contributed by atoms with Crippen molar-refractivity contribution >= 4 is 21.4 Å². The number of ether oxygens (including phenoxy) is 1. The van der Waals surface area contributed by atoms with Crippen molar-refractivity contribution in [1.29, 1.82) is 0 Å². The fourth-order valence-electron chi connectivity index (χ4n) is 1.70. The molecule has 0 bridgehead atoms. The topological polar surface area (TPSA) is 94.3 Å². The van der Waals surface area contributed by atoms with E-state index in [1.165, 1.54) is 18.3 Å². The number of hydrogen-bond donors (Lipinski definition) is 2. The summed E-state index contributed by atoms with van der Waals surface area (Å²) in [5.74, 6) is 0.448. The van der Waals surface area contributed by atoms with Gasteiger partial charge in [0.2, 0.25) is 5.88 Å². The van der Waals surface area contributed by atoms with Gasteiger partial charge in [-0.15, -0.1) is 0 Å². The second-order valence-corrected chi connectivity index (χ2v) is 6.12. The molecule has 0 aliphatic carbocycles. The second kappa shape index (κ2) is 6.01. The first-order valence-electron chi connectivity index (χ1n) is 6.40. The van der Waals surface area contributed by atoms with Crippen LogP contribution in [-0.2, 0) is 10.0 Å². The van der Waals surface area contributed by atoms with Crippen molar-refractivity contribution in [2.24, 2.45) is 0 Å². The Bertz CT molecular complexity index is 728. The van der Waals surface area contributed by atoms with E-state index in [2.05, 4.69) is 9.71 Å². The third-order valence-electron chi connectivity index (χ3n) is 2.83. The number of anilines is 2. The highest BCUT2D eigenvalue weighted by molar-refractivity contribution is 7.92. The first-order valence-corrected chi connectivity index (χ1v) is 7.88. The molecule has 0 unspecified atom stereocenters. The summed E-state index contributed by atoms with van der Waals surface area (Å²) in [6, 6.07) is 7.77. The molecule has 6 nitrogen and oxygen atoms in total. The molecule has 1 heterocycles. The van der Waals surface area contributed by atoms with Crippen LogP contribution in [0, 0.1) is 6.92 Å². The van der Waals surface area contributed by atoms with Gasteiger partial charge in [-0.3, -0.25) is 4.72 Å². The number of aryl methyl sites for hydroxylation is 1. The van der Waals surface area contributed by atoms with Crippen molar-refractivity contribution < 1.29 is 13.2 Å². The van der Waals surface area contributed by atoms with Gasteiger partial charge in [-0.2, -0.15) is 0 Å². The van der Waals surface area contributed by atoms with Crippen molar-refractivity contribution in [3.05, 3.63) is 42.1 Å². The minimum atomic E-state index is -3.66. The first-order chi connectivity index (χ1) is 9.92. The van der Waals surface area contributed by atoms with E-state index >= 15 is 0 Å². The maximum atomic E-state index is 12.3. The highest BCUT2D eigenvalue weighted by Gasteiger charge is 2.15. The van der Waals surface area contributed by atoms with E-state index in [9.17, 15) is 8.42 Å². The standard InChI is InChI=1S/C14H17N3O3S/c1-3-20-14-7-4-11(9-16-14)17-21(18,19)12-5-6-13(15)10(2)8-12/h4-9,17H,3,15H2,1-2H3. The highest BCUT2D eigenvalue weighted by atomic mass is 32.2. The van der Waals surface area contributed by atoms with Crippen molar-refractivity contribution in [2.75, 3.05) is 17.1 Å². The maximum Gasteiger partial charge on any atom is 0.261 e. The second-order valence-electron chi connectivity index (χ2n) is 4.44. The molecule has 7 heteroatoms. The molecule has 0 fully saturated rings. The van der Waals surface area contributed by atoms with Crippen LogP contribution in [0.4, 0.5) is 11.4 Å². The Hall–Kier alpha value is -2.28. The summed E-state index contributed by atoms with van der Waals surface area (Å²) < 4.78 is 32.2. The molecule has 0 radical (unpaired) electrons. The molecule has 0 atom stereocenters. The SMILES string of the molecule is CCOc1ccc(NS(=O)(=O)c2ccc(N)c(C)c2)cn1. The number of benzene rings is 1. The van der Waals surface area contributed by atoms with Gasteiger partial charge < -0.3 is 10.5 Å². The molecule has 2 rings (SSSR count). The normalized spacial score (nSPS) is 11.1. The summed E-state index contributed by atoms with van der Waals surface area (Å²) in [6.07, 6.45) is 1.41. The summed E-state index contributed by atoms with van der Waals surface area (Å²) in [5.41, 5.74) is 7.32. The van der Waals surface area contributed by atoms with Gasteiger partial charge >= 0.3 is 0 Å². The lowest BCUT2D eigenvalue weighted by atomic mass is 10.2. The van der Waals surface area contributed by atoms with E-state index in [4.69, 9.17) is 10.5 Å². The van der Waals surface area contributed by atoms with Crippen molar-refractivity contribution in [3.8, 4) is 5.88 Å². The minimum absolute atomic E-state index is 0.156. The van der Waals surface area contributed by atoms with E-state index in [-0.39, 0.29) is 4.90 Å². The van der Waals surface area contributed by atoms with Gasteiger partial charge in [0.1, 0.15) is 0 Å². The number of hydrogen-bond acceptors (Lipinski definition) is 5. The summed E-state index contributed by atoms with van der Waals surface area (Å²) in [7, 11) is -3.66. The number of sulfonamides is 1. The lowest BCUT2D eigenvalue weighted by Crippen LogP contribution is -2.13. The highest BCUT2D eigenvalue weighted by Crippen LogP contribution is 2.20. The van der Waals surface area contributed by atoms with Crippen LogP contribution < -0.4 is 15.2 Å².